The number of carboxylic acids is 1. The van der Waals surface area contributed by atoms with E-state index in [4.69, 9.17) is 5.11 Å². The lowest BCUT2D eigenvalue weighted by molar-refractivity contribution is -0.148. The maximum atomic E-state index is 12.0. The lowest BCUT2D eigenvalue weighted by Crippen LogP contribution is -2.40. The molecule has 18 heavy (non-hydrogen) atoms. The fourth-order valence-electron chi connectivity index (χ4n) is 2.40. The van der Waals surface area contributed by atoms with E-state index in [9.17, 15) is 9.59 Å². The first-order chi connectivity index (χ1) is 8.66. The summed E-state index contributed by atoms with van der Waals surface area (Å²) in [6, 6.07) is 0. The van der Waals surface area contributed by atoms with E-state index in [-0.39, 0.29) is 11.8 Å². The van der Waals surface area contributed by atoms with E-state index in [1.807, 2.05) is 11.8 Å². The summed E-state index contributed by atoms with van der Waals surface area (Å²) in [7, 11) is 0. The lowest BCUT2D eigenvalue weighted by Gasteiger charge is -2.27. The zero-order chi connectivity index (χ0) is 13.4. The van der Waals surface area contributed by atoms with Crippen LogP contribution >= 0.6 is 11.8 Å². The summed E-state index contributed by atoms with van der Waals surface area (Å²) >= 11 is 1.86. The molecule has 1 aliphatic rings. The highest BCUT2D eigenvalue weighted by atomic mass is 32.2. The van der Waals surface area contributed by atoms with E-state index in [2.05, 4.69) is 12.2 Å². The second-order valence-electron chi connectivity index (χ2n) is 4.68. The van der Waals surface area contributed by atoms with Gasteiger partial charge < -0.3 is 10.4 Å². The van der Waals surface area contributed by atoms with Crippen molar-refractivity contribution in [3.8, 4) is 0 Å². The Labute approximate surface area is 113 Å². The Morgan fingerprint density at radius 3 is 2.56 bits per heavy atom. The van der Waals surface area contributed by atoms with Crippen LogP contribution in [0.1, 0.15) is 39.0 Å². The molecule has 0 spiro atoms. The Kier molecular flexibility index (Phi) is 7.16. The highest BCUT2D eigenvalue weighted by Gasteiger charge is 2.35. The van der Waals surface area contributed by atoms with Gasteiger partial charge >= 0.3 is 5.97 Å². The number of hydrogen-bond donors (Lipinski definition) is 2. The van der Waals surface area contributed by atoms with Crippen molar-refractivity contribution < 1.29 is 14.7 Å². The third-order valence-corrected chi connectivity index (χ3v) is 4.37. The minimum atomic E-state index is -0.823. The summed E-state index contributed by atoms with van der Waals surface area (Å²) < 4.78 is 0. The number of rotatable bonds is 7. The molecule has 0 aromatic carbocycles. The predicted molar refractivity (Wildman–Crippen MR) is 73.7 cm³/mol. The molecule has 5 heteroatoms. The molecule has 0 radical (unpaired) electrons. The first kappa shape index (κ1) is 15.3. The van der Waals surface area contributed by atoms with Crippen molar-refractivity contribution in [2.75, 3.05) is 18.1 Å². The predicted octanol–water partition coefficient (Wildman–Crippen LogP) is 2.14. The van der Waals surface area contributed by atoms with Gasteiger partial charge in [0.25, 0.3) is 0 Å². The summed E-state index contributed by atoms with van der Waals surface area (Å²) in [6.07, 6.45) is 4.20. The summed E-state index contributed by atoms with van der Waals surface area (Å²) in [4.78, 5) is 23.1. The third-order valence-electron chi connectivity index (χ3n) is 3.39. The van der Waals surface area contributed by atoms with Crippen LogP contribution in [0.3, 0.4) is 0 Å². The molecule has 1 aliphatic carbocycles. The molecular formula is C13H23NO3S. The molecule has 1 rings (SSSR count). The molecule has 0 saturated heterocycles. The Hall–Kier alpha value is -0.710. The third kappa shape index (κ3) is 4.88. The van der Waals surface area contributed by atoms with Crippen molar-refractivity contribution in [1.29, 1.82) is 0 Å². The topological polar surface area (TPSA) is 66.4 Å². The number of thioether (sulfide) groups is 1. The van der Waals surface area contributed by atoms with E-state index in [1.165, 1.54) is 0 Å². The van der Waals surface area contributed by atoms with Crippen LogP contribution in [0.15, 0.2) is 0 Å². The normalized spacial score (nSPS) is 23.6. The van der Waals surface area contributed by atoms with Gasteiger partial charge in [-0.05, 0) is 30.8 Å². The van der Waals surface area contributed by atoms with E-state index < -0.39 is 11.9 Å². The monoisotopic (exact) mass is 273 g/mol. The molecule has 1 amide bonds. The number of carbonyl (C=O) groups is 2. The van der Waals surface area contributed by atoms with Gasteiger partial charge in [0.15, 0.2) is 0 Å². The zero-order valence-corrected chi connectivity index (χ0v) is 11.8. The van der Waals surface area contributed by atoms with Crippen LogP contribution in [0.2, 0.25) is 0 Å². The van der Waals surface area contributed by atoms with Gasteiger partial charge in [0.05, 0.1) is 11.8 Å². The zero-order valence-electron chi connectivity index (χ0n) is 11.0. The first-order valence-corrected chi connectivity index (χ1v) is 7.90. The second kappa shape index (κ2) is 8.40. The van der Waals surface area contributed by atoms with Crippen LogP contribution in [0.5, 0.6) is 0 Å². The van der Waals surface area contributed by atoms with Crippen LogP contribution in [0, 0.1) is 11.8 Å². The second-order valence-corrected chi connectivity index (χ2v) is 6.07. The standard InChI is InChI=1S/C13H23NO3S/c1-2-18-9-5-8-14-12(15)10-6-3-4-7-11(10)13(16)17/h10-11H,2-9H2,1H3,(H,14,15)(H,16,17)/t10-,11+/m1/s1. The number of hydrogen-bond acceptors (Lipinski definition) is 3. The van der Waals surface area contributed by atoms with Crippen molar-refractivity contribution in [3.63, 3.8) is 0 Å². The van der Waals surface area contributed by atoms with Gasteiger partial charge in [-0.3, -0.25) is 9.59 Å². The van der Waals surface area contributed by atoms with Gasteiger partial charge in [0.1, 0.15) is 0 Å². The number of carboxylic acid groups (broad SMARTS) is 1. The van der Waals surface area contributed by atoms with Crippen molar-refractivity contribution >= 4 is 23.6 Å². The molecule has 2 N–H and O–H groups in total. The molecule has 0 heterocycles. The van der Waals surface area contributed by atoms with Crippen molar-refractivity contribution in [2.24, 2.45) is 11.8 Å². The summed E-state index contributed by atoms with van der Waals surface area (Å²) in [5.41, 5.74) is 0. The number of amides is 1. The minimum absolute atomic E-state index is 0.0661. The van der Waals surface area contributed by atoms with E-state index in [0.29, 0.717) is 19.4 Å². The Balaban J connectivity index is 2.32. The van der Waals surface area contributed by atoms with E-state index in [0.717, 1.165) is 30.8 Å². The van der Waals surface area contributed by atoms with Gasteiger partial charge in [0, 0.05) is 6.54 Å². The van der Waals surface area contributed by atoms with Crippen molar-refractivity contribution in [2.45, 2.75) is 39.0 Å². The minimum Gasteiger partial charge on any atom is -0.481 e. The fourth-order valence-corrected chi connectivity index (χ4v) is 3.04. The van der Waals surface area contributed by atoms with Gasteiger partial charge in [-0.15, -0.1) is 0 Å². The maximum Gasteiger partial charge on any atom is 0.307 e. The van der Waals surface area contributed by atoms with E-state index >= 15 is 0 Å². The molecule has 0 aliphatic heterocycles. The number of aliphatic carboxylic acids is 1. The van der Waals surface area contributed by atoms with Gasteiger partial charge in [0.2, 0.25) is 5.91 Å². The van der Waals surface area contributed by atoms with Crippen LogP contribution in [0.4, 0.5) is 0 Å². The van der Waals surface area contributed by atoms with Crippen LogP contribution in [0.25, 0.3) is 0 Å². The SMILES string of the molecule is CCSCCCNC(=O)[C@@H]1CCCC[C@@H]1C(=O)O. The van der Waals surface area contributed by atoms with Crippen LogP contribution in [-0.4, -0.2) is 35.0 Å². The average Bonchev–Trinajstić information content (AvgIpc) is 2.38. The number of nitrogens with one attached hydrogen (secondary N) is 1. The molecule has 4 nitrogen and oxygen atoms in total. The molecule has 1 saturated carbocycles. The molecule has 0 bridgehead atoms. The van der Waals surface area contributed by atoms with Crippen LogP contribution in [-0.2, 0) is 9.59 Å². The quantitative estimate of drug-likeness (QED) is 0.697. The molecule has 1 fully saturated rings. The van der Waals surface area contributed by atoms with Crippen LogP contribution < -0.4 is 5.32 Å². The number of carbonyl (C=O) groups excluding carboxylic acids is 1. The Morgan fingerprint density at radius 1 is 1.28 bits per heavy atom. The summed E-state index contributed by atoms with van der Waals surface area (Å²) in [5, 5.41) is 12.0. The van der Waals surface area contributed by atoms with E-state index in [1.54, 1.807) is 0 Å². The molecular weight excluding hydrogens is 250 g/mol. The maximum absolute atomic E-state index is 12.0. The Morgan fingerprint density at radius 2 is 1.94 bits per heavy atom. The molecule has 0 aromatic heterocycles. The van der Waals surface area contributed by atoms with Crippen molar-refractivity contribution in [1.82, 2.24) is 5.32 Å². The summed E-state index contributed by atoms with van der Waals surface area (Å²) in [6.45, 7) is 2.78. The fraction of sp³-hybridized carbons (Fsp3) is 0.846. The van der Waals surface area contributed by atoms with Gasteiger partial charge in [-0.2, -0.15) is 11.8 Å². The molecule has 104 valence electrons. The first-order valence-electron chi connectivity index (χ1n) is 6.75. The highest BCUT2D eigenvalue weighted by Crippen LogP contribution is 2.30. The lowest BCUT2D eigenvalue weighted by atomic mass is 9.79. The van der Waals surface area contributed by atoms with Crippen molar-refractivity contribution in [3.05, 3.63) is 0 Å². The van der Waals surface area contributed by atoms with Gasteiger partial charge in [-0.25, -0.2) is 0 Å². The molecule has 0 aromatic rings. The smallest absolute Gasteiger partial charge is 0.307 e. The summed E-state index contributed by atoms with van der Waals surface area (Å²) in [5.74, 6) is 0.445. The average molecular weight is 273 g/mol. The highest BCUT2D eigenvalue weighted by molar-refractivity contribution is 7.99. The molecule has 0 unspecified atom stereocenters. The molecule has 2 atom stereocenters. The largest absolute Gasteiger partial charge is 0.481 e. The van der Waals surface area contributed by atoms with Gasteiger partial charge in [-0.1, -0.05) is 19.8 Å². The Bertz CT molecular complexity index is 283.